The van der Waals surface area contributed by atoms with E-state index in [9.17, 15) is 13.2 Å². The average molecular weight is 394 g/mol. The molecule has 0 spiro atoms. The van der Waals surface area contributed by atoms with Crippen molar-refractivity contribution < 1.29 is 13.2 Å². The van der Waals surface area contributed by atoms with Gasteiger partial charge >= 0.3 is 0 Å². The van der Waals surface area contributed by atoms with Crippen molar-refractivity contribution in [3.8, 4) is 0 Å². The highest BCUT2D eigenvalue weighted by Crippen LogP contribution is 2.32. The molecule has 1 N–H and O–H groups in total. The van der Waals surface area contributed by atoms with Crippen LogP contribution in [-0.4, -0.2) is 26.6 Å². The quantitative estimate of drug-likeness (QED) is 0.721. The summed E-state index contributed by atoms with van der Waals surface area (Å²) in [5.41, 5.74) is 2.95. The van der Waals surface area contributed by atoms with Gasteiger partial charge in [0.1, 0.15) is 0 Å². The molecule has 1 amide bonds. The number of carbonyl (C=O) groups excluding carboxylic acids is 1. The molecule has 3 aromatic carbocycles. The summed E-state index contributed by atoms with van der Waals surface area (Å²) in [5.74, 6) is -0.1000. The lowest BCUT2D eigenvalue weighted by molar-refractivity contribution is 0.102. The minimum atomic E-state index is -3.29. The van der Waals surface area contributed by atoms with Crippen molar-refractivity contribution >= 4 is 38.1 Å². The molecule has 144 valence electrons. The number of hydrogen-bond donors (Lipinski definition) is 1. The first-order chi connectivity index (χ1) is 13.5. The molecule has 0 unspecified atom stereocenters. The van der Waals surface area contributed by atoms with Gasteiger partial charge in [-0.05, 0) is 60.4 Å². The normalized spacial score (nSPS) is 14.0. The van der Waals surface area contributed by atoms with Crippen LogP contribution in [0.15, 0.2) is 60.7 Å². The monoisotopic (exact) mass is 394 g/mol. The number of fused-ring (bicyclic) bond motifs is 2. The maximum Gasteiger partial charge on any atom is 0.256 e. The number of benzene rings is 3. The minimum Gasteiger partial charge on any atom is -0.322 e. The summed E-state index contributed by atoms with van der Waals surface area (Å²) in [5, 5.41) is 4.88. The first kappa shape index (κ1) is 18.5. The highest BCUT2D eigenvalue weighted by molar-refractivity contribution is 7.92. The Labute approximate surface area is 165 Å². The zero-order chi connectivity index (χ0) is 19.7. The van der Waals surface area contributed by atoms with Gasteiger partial charge in [0.15, 0.2) is 0 Å². The van der Waals surface area contributed by atoms with Crippen molar-refractivity contribution in [1.29, 1.82) is 0 Å². The Balaban J connectivity index is 1.64. The van der Waals surface area contributed by atoms with E-state index in [1.165, 1.54) is 4.31 Å². The molecule has 1 aliphatic rings. The lowest BCUT2D eigenvalue weighted by Crippen LogP contribution is -2.36. The number of aryl methyl sites for hydroxylation is 1. The molecule has 1 aliphatic heterocycles. The van der Waals surface area contributed by atoms with Crippen LogP contribution in [0.4, 0.5) is 11.4 Å². The van der Waals surface area contributed by atoms with Gasteiger partial charge in [0.25, 0.3) is 5.91 Å². The van der Waals surface area contributed by atoms with Crippen molar-refractivity contribution in [3.05, 3.63) is 71.8 Å². The summed E-state index contributed by atoms with van der Waals surface area (Å²) in [6.07, 6.45) is 1.57. The third-order valence-electron chi connectivity index (χ3n) is 5.15. The maximum absolute atomic E-state index is 12.8. The van der Waals surface area contributed by atoms with Gasteiger partial charge < -0.3 is 5.32 Å². The van der Waals surface area contributed by atoms with Gasteiger partial charge in [-0.15, -0.1) is 0 Å². The standard InChI is InChI=1S/C22H22N2O3S/c1-2-28(26,27)24-14-6-9-17-15-18(12-13-21(17)24)23-22(25)20-11-5-8-16-7-3-4-10-19(16)20/h3-5,7-8,10-13,15H,2,6,9,14H2,1H3,(H,23,25). The summed E-state index contributed by atoms with van der Waals surface area (Å²) in [7, 11) is -3.29. The number of rotatable bonds is 4. The lowest BCUT2D eigenvalue weighted by Gasteiger charge is -2.30. The van der Waals surface area contributed by atoms with Gasteiger partial charge in [-0.1, -0.05) is 36.4 Å². The van der Waals surface area contributed by atoms with Crippen LogP contribution in [0.5, 0.6) is 0 Å². The molecule has 0 saturated heterocycles. The average Bonchev–Trinajstić information content (AvgIpc) is 2.72. The number of nitrogens with one attached hydrogen (secondary N) is 1. The fourth-order valence-corrected chi connectivity index (χ4v) is 4.90. The Hall–Kier alpha value is -2.86. The second kappa shape index (κ2) is 7.28. The van der Waals surface area contributed by atoms with Crippen LogP contribution in [0.3, 0.4) is 0 Å². The van der Waals surface area contributed by atoms with Gasteiger partial charge in [-0.2, -0.15) is 0 Å². The van der Waals surface area contributed by atoms with Crippen LogP contribution in [-0.2, 0) is 16.4 Å². The SMILES string of the molecule is CCS(=O)(=O)N1CCCc2cc(NC(=O)c3cccc4ccccc34)ccc21. The molecule has 0 aromatic heterocycles. The molecule has 4 rings (SSSR count). The highest BCUT2D eigenvalue weighted by Gasteiger charge is 2.26. The van der Waals surface area contributed by atoms with Crippen LogP contribution in [0.2, 0.25) is 0 Å². The third kappa shape index (κ3) is 3.36. The fraction of sp³-hybridized carbons (Fsp3) is 0.227. The Morgan fingerprint density at radius 1 is 1.07 bits per heavy atom. The molecule has 1 heterocycles. The van der Waals surface area contributed by atoms with E-state index < -0.39 is 10.0 Å². The lowest BCUT2D eigenvalue weighted by atomic mass is 10.0. The van der Waals surface area contributed by atoms with E-state index in [2.05, 4.69) is 5.32 Å². The molecule has 0 radical (unpaired) electrons. The fourth-order valence-electron chi connectivity index (χ4n) is 3.71. The highest BCUT2D eigenvalue weighted by atomic mass is 32.2. The zero-order valence-electron chi connectivity index (χ0n) is 15.7. The molecule has 5 nitrogen and oxygen atoms in total. The largest absolute Gasteiger partial charge is 0.322 e. The number of carbonyl (C=O) groups is 1. The summed E-state index contributed by atoms with van der Waals surface area (Å²) in [6, 6.07) is 18.9. The van der Waals surface area contributed by atoms with Gasteiger partial charge in [-0.25, -0.2) is 8.42 Å². The van der Waals surface area contributed by atoms with Crippen molar-refractivity contribution in [2.24, 2.45) is 0 Å². The van der Waals surface area contributed by atoms with E-state index in [-0.39, 0.29) is 11.7 Å². The van der Waals surface area contributed by atoms with E-state index in [1.54, 1.807) is 19.1 Å². The summed E-state index contributed by atoms with van der Waals surface area (Å²) < 4.78 is 26.2. The number of amides is 1. The van der Waals surface area contributed by atoms with Crippen LogP contribution in [0, 0.1) is 0 Å². The van der Waals surface area contributed by atoms with Gasteiger partial charge in [0.05, 0.1) is 11.4 Å². The van der Waals surface area contributed by atoms with E-state index in [4.69, 9.17) is 0 Å². The smallest absolute Gasteiger partial charge is 0.256 e. The summed E-state index contributed by atoms with van der Waals surface area (Å²) in [6.45, 7) is 2.16. The predicted molar refractivity (Wildman–Crippen MR) is 113 cm³/mol. The molecule has 0 saturated carbocycles. The molecule has 0 bridgehead atoms. The van der Waals surface area contributed by atoms with Crippen LogP contribution in [0.25, 0.3) is 10.8 Å². The Morgan fingerprint density at radius 3 is 2.68 bits per heavy atom. The van der Waals surface area contributed by atoms with Crippen molar-refractivity contribution in [2.75, 3.05) is 21.9 Å². The summed E-state index contributed by atoms with van der Waals surface area (Å²) in [4.78, 5) is 12.8. The number of hydrogen-bond acceptors (Lipinski definition) is 3. The molecule has 28 heavy (non-hydrogen) atoms. The van der Waals surface area contributed by atoms with Crippen LogP contribution < -0.4 is 9.62 Å². The topological polar surface area (TPSA) is 66.5 Å². The Bertz CT molecular complexity index is 1150. The predicted octanol–water partition coefficient (Wildman–Crippen LogP) is 4.19. The van der Waals surface area contributed by atoms with Gasteiger partial charge in [-0.3, -0.25) is 9.10 Å². The minimum absolute atomic E-state index is 0.0754. The van der Waals surface area contributed by atoms with Gasteiger partial charge in [0, 0.05) is 17.8 Å². The van der Waals surface area contributed by atoms with Crippen molar-refractivity contribution in [2.45, 2.75) is 19.8 Å². The van der Waals surface area contributed by atoms with E-state index >= 15 is 0 Å². The van der Waals surface area contributed by atoms with Crippen molar-refractivity contribution in [3.63, 3.8) is 0 Å². The van der Waals surface area contributed by atoms with E-state index in [1.807, 2.05) is 48.5 Å². The molecule has 6 heteroatoms. The zero-order valence-corrected chi connectivity index (χ0v) is 16.5. The number of sulfonamides is 1. The Kier molecular flexibility index (Phi) is 4.81. The molecular weight excluding hydrogens is 372 g/mol. The molecule has 0 atom stereocenters. The van der Waals surface area contributed by atoms with Crippen LogP contribution >= 0.6 is 0 Å². The summed E-state index contributed by atoms with van der Waals surface area (Å²) >= 11 is 0. The molecule has 0 fully saturated rings. The molecule has 3 aromatic rings. The molecule has 0 aliphatic carbocycles. The van der Waals surface area contributed by atoms with E-state index in [0.717, 1.165) is 34.9 Å². The molecular formula is C22H22N2O3S. The second-order valence-electron chi connectivity index (χ2n) is 6.90. The van der Waals surface area contributed by atoms with Crippen LogP contribution in [0.1, 0.15) is 29.3 Å². The van der Waals surface area contributed by atoms with Crippen molar-refractivity contribution in [1.82, 2.24) is 0 Å². The van der Waals surface area contributed by atoms with Gasteiger partial charge in [0.2, 0.25) is 10.0 Å². The third-order valence-corrected chi connectivity index (χ3v) is 6.93. The second-order valence-corrected chi connectivity index (χ2v) is 9.08. The number of nitrogens with zero attached hydrogens (tertiary/aromatic N) is 1. The maximum atomic E-state index is 12.8. The number of anilines is 2. The Morgan fingerprint density at radius 2 is 1.86 bits per heavy atom. The first-order valence-electron chi connectivity index (χ1n) is 9.42. The van der Waals surface area contributed by atoms with E-state index in [0.29, 0.717) is 17.8 Å². The first-order valence-corrected chi connectivity index (χ1v) is 11.0.